The van der Waals surface area contributed by atoms with Crippen molar-refractivity contribution in [2.24, 2.45) is 0 Å². The number of benzene rings is 11. The number of furan rings is 1. The molecule has 13 rings (SSSR count). The summed E-state index contributed by atoms with van der Waals surface area (Å²) in [6.45, 7) is 0. The van der Waals surface area contributed by atoms with E-state index in [1.54, 1.807) is 0 Å². The number of hydrogen-bond donors (Lipinski definition) is 0. The molecule has 13 aromatic rings. The Morgan fingerprint density at radius 1 is 0.274 bits per heavy atom. The highest BCUT2D eigenvalue weighted by Crippen LogP contribution is 2.44. The molecule has 0 N–H and O–H groups in total. The van der Waals surface area contributed by atoms with E-state index in [4.69, 9.17) is 4.42 Å². The van der Waals surface area contributed by atoms with Crippen molar-refractivity contribution in [1.29, 1.82) is 0 Å². The lowest BCUT2D eigenvalue weighted by Gasteiger charge is -2.18. The third-order valence-corrected chi connectivity index (χ3v) is 13.0. The van der Waals surface area contributed by atoms with Gasteiger partial charge < -0.3 is 8.98 Å². The van der Waals surface area contributed by atoms with Crippen LogP contribution >= 0.6 is 0 Å². The number of fused-ring (bicyclic) bond motifs is 9. The monoisotopic (exact) mass is 787 g/mol. The van der Waals surface area contributed by atoms with Gasteiger partial charge >= 0.3 is 0 Å². The summed E-state index contributed by atoms with van der Waals surface area (Å²) < 4.78 is 8.81. The Bertz CT molecular complexity index is 3840. The van der Waals surface area contributed by atoms with Gasteiger partial charge in [-0.1, -0.05) is 170 Å². The van der Waals surface area contributed by atoms with Crippen LogP contribution in [0.2, 0.25) is 0 Å². The highest BCUT2D eigenvalue weighted by atomic mass is 16.3. The van der Waals surface area contributed by atoms with Gasteiger partial charge in [0.25, 0.3) is 0 Å². The quantitative estimate of drug-likeness (QED) is 0.159. The van der Waals surface area contributed by atoms with E-state index in [1.807, 2.05) is 0 Å². The smallest absolute Gasteiger partial charge is 0.135 e. The highest BCUT2D eigenvalue weighted by Gasteiger charge is 2.19. The van der Waals surface area contributed by atoms with Gasteiger partial charge in [0.05, 0.1) is 11.0 Å². The predicted octanol–water partition coefficient (Wildman–Crippen LogP) is 16.8. The van der Waals surface area contributed by atoms with E-state index < -0.39 is 0 Å². The largest absolute Gasteiger partial charge is 0.456 e. The highest BCUT2D eigenvalue weighted by molar-refractivity contribution is 6.21. The van der Waals surface area contributed by atoms with Crippen LogP contribution in [0.3, 0.4) is 0 Å². The van der Waals surface area contributed by atoms with E-state index in [-0.39, 0.29) is 0 Å². The van der Waals surface area contributed by atoms with Crippen molar-refractivity contribution < 1.29 is 4.42 Å². The molecule has 0 aliphatic rings. The fourth-order valence-electron chi connectivity index (χ4n) is 10.2. The van der Waals surface area contributed by atoms with Crippen molar-refractivity contribution in [1.82, 2.24) is 4.57 Å². The van der Waals surface area contributed by atoms with Crippen LogP contribution in [0.25, 0.3) is 126 Å². The summed E-state index contributed by atoms with van der Waals surface area (Å²) in [4.78, 5) is 0. The van der Waals surface area contributed by atoms with Gasteiger partial charge in [0.1, 0.15) is 11.2 Å². The molecule has 0 fully saturated rings. The molecule has 2 heterocycles. The molecule has 11 aromatic carbocycles. The van der Waals surface area contributed by atoms with E-state index in [2.05, 4.69) is 229 Å². The normalized spacial score (nSPS) is 11.9. The lowest BCUT2D eigenvalue weighted by molar-refractivity contribution is 0.669. The molecule has 0 saturated carbocycles. The number of para-hydroxylation sites is 1. The van der Waals surface area contributed by atoms with E-state index in [0.29, 0.717) is 0 Å². The lowest BCUT2D eigenvalue weighted by Crippen LogP contribution is -1.94. The Morgan fingerprint density at radius 2 is 0.742 bits per heavy atom. The van der Waals surface area contributed by atoms with Gasteiger partial charge in [-0.3, -0.25) is 0 Å². The zero-order chi connectivity index (χ0) is 40.7. The Balaban J connectivity index is 0.920. The summed E-state index contributed by atoms with van der Waals surface area (Å²) >= 11 is 0. The first-order valence-corrected chi connectivity index (χ1v) is 21.3. The summed E-state index contributed by atoms with van der Waals surface area (Å²) in [5, 5.41) is 12.2. The van der Waals surface area contributed by atoms with Gasteiger partial charge in [-0.2, -0.15) is 0 Å². The first kappa shape index (κ1) is 34.6. The van der Waals surface area contributed by atoms with Crippen LogP contribution in [0.15, 0.2) is 229 Å². The van der Waals surface area contributed by atoms with Crippen LogP contribution in [0.4, 0.5) is 0 Å². The Hall–Kier alpha value is -8.20. The fraction of sp³-hybridized carbons (Fsp3) is 0. The van der Waals surface area contributed by atoms with E-state index in [0.717, 1.165) is 33.2 Å². The van der Waals surface area contributed by atoms with Crippen LogP contribution in [0, 0.1) is 0 Å². The molecule has 0 spiro atoms. The van der Waals surface area contributed by atoms with Gasteiger partial charge in [-0.25, -0.2) is 0 Å². The van der Waals surface area contributed by atoms with Crippen LogP contribution in [0.1, 0.15) is 0 Å². The average molecular weight is 788 g/mol. The summed E-state index contributed by atoms with van der Waals surface area (Å²) in [6, 6.07) is 81.7. The van der Waals surface area contributed by atoms with E-state index in [9.17, 15) is 0 Å². The number of nitrogens with zero attached hydrogens (tertiary/aromatic N) is 1. The first-order valence-electron chi connectivity index (χ1n) is 21.3. The minimum Gasteiger partial charge on any atom is -0.456 e. The van der Waals surface area contributed by atoms with Crippen molar-refractivity contribution in [3.05, 3.63) is 224 Å². The SMILES string of the molecule is c1ccc(-c2c3ccccc3c(-c3ccc(-n4c5ccccc5c5cc(-c6ccc7oc8ccc(-c9cccc%10ccccc9%10)cc8c7c6)ccc54)cc3)c3ccccc23)cc1. The molecule has 0 saturated heterocycles. The Morgan fingerprint density at radius 3 is 1.42 bits per heavy atom. The topological polar surface area (TPSA) is 18.1 Å². The average Bonchev–Trinajstić information content (AvgIpc) is 3.88. The molecule has 0 radical (unpaired) electrons. The summed E-state index contributed by atoms with van der Waals surface area (Å²) in [6.07, 6.45) is 0. The standard InChI is InChI=1S/C60H37NO/c1-2-14-39(15-3-1)59-48-19-6-8-21-50(48)60(51-22-9-7-20-49(51)59)40-25-30-44(31-26-40)61-55-24-11-10-18-47(55)52-35-41(27-32-56(52)61)42-28-33-57-53(36-42)54-37-43(29-34-58(54)62-57)46-23-12-16-38-13-4-5-17-45(38)46/h1-37H. The minimum absolute atomic E-state index is 0.896. The predicted molar refractivity (Wildman–Crippen MR) is 262 cm³/mol. The van der Waals surface area contributed by atoms with Crippen LogP contribution in [-0.4, -0.2) is 4.57 Å². The van der Waals surface area contributed by atoms with Gasteiger partial charge in [-0.15, -0.1) is 0 Å². The van der Waals surface area contributed by atoms with Gasteiger partial charge in [0.2, 0.25) is 0 Å². The molecule has 0 unspecified atom stereocenters. The van der Waals surface area contributed by atoms with E-state index in [1.165, 1.54) is 93.1 Å². The molecule has 2 nitrogen and oxygen atoms in total. The molecule has 62 heavy (non-hydrogen) atoms. The first-order chi connectivity index (χ1) is 30.7. The molecular formula is C60H37NO. The number of aromatic nitrogens is 1. The molecule has 0 aliphatic carbocycles. The molecule has 2 aromatic heterocycles. The second kappa shape index (κ2) is 13.7. The molecule has 0 bridgehead atoms. The maximum atomic E-state index is 6.40. The fourth-order valence-corrected chi connectivity index (χ4v) is 10.2. The molecule has 0 amide bonds. The van der Waals surface area contributed by atoms with Crippen molar-refractivity contribution in [2.45, 2.75) is 0 Å². The third-order valence-electron chi connectivity index (χ3n) is 13.0. The maximum Gasteiger partial charge on any atom is 0.135 e. The van der Waals surface area contributed by atoms with Crippen molar-refractivity contribution >= 4 is 76.1 Å². The number of hydrogen-bond acceptors (Lipinski definition) is 1. The molecular weight excluding hydrogens is 751 g/mol. The van der Waals surface area contributed by atoms with Crippen molar-refractivity contribution in [2.75, 3.05) is 0 Å². The van der Waals surface area contributed by atoms with Crippen LogP contribution < -0.4 is 0 Å². The lowest BCUT2D eigenvalue weighted by atomic mass is 9.86. The van der Waals surface area contributed by atoms with Gasteiger partial charge in [0, 0.05) is 27.2 Å². The molecule has 0 aliphatic heterocycles. The van der Waals surface area contributed by atoms with Gasteiger partial charge in [-0.05, 0) is 131 Å². The second-order valence-corrected chi connectivity index (χ2v) is 16.4. The Labute approximate surface area is 358 Å². The molecule has 0 atom stereocenters. The van der Waals surface area contributed by atoms with Crippen LogP contribution in [-0.2, 0) is 0 Å². The summed E-state index contributed by atoms with van der Waals surface area (Å²) in [5.41, 5.74) is 15.0. The molecule has 2 heteroatoms. The van der Waals surface area contributed by atoms with Crippen LogP contribution in [0.5, 0.6) is 0 Å². The number of rotatable bonds is 5. The third kappa shape index (κ3) is 5.30. The van der Waals surface area contributed by atoms with Crippen molar-refractivity contribution in [3.8, 4) is 50.2 Å². The summed E-state index contributed by atoms with van der Waals surface area (Å²) in [5.74, 6) is 0. The van der Waals surface area contributed by atoms with E-state index >= 15 is 0 Å². The molecule has 288 valence electrons. The summed E-state index contributed by atoms with van der Waals surface area (Å²) in [7, 11) is 0. The second-order valence-electron chi connectivity index (χ2n) is 16.4. The Kier molecular flexibility index (Phi) is 7.64. The van der Waals surface area contributed by atoms with Gasteiger partial charge in [0.15, 0.2) is 0 Å². The minimum atomic E-state index is 0.896. The zero-order valence-corrected chi connectivity index (χ0v) is 33.7. The van der Waals surface area contributed by atoms with Crippen molar-refractivity contribution in [3.63, 3.8) is 0 Å². The zero-order valence-electron chi connectivity index (χ0n) is 33.7. The maximum absolute atomic E-state index is 6.40.